The Morgan fingerprint density at radius 3 is 2.80 bits per heavy atom. The minimum absolute atomic E-state index is 0.0214. The molecule has 5 nitrogen and oxygen atoms in total. The summed E-state index contributed by atoms with van der Waals surface area (Å²) in [5, 5.41) is 9.77. The SMILES string of the molecule is Cc1ccc([N+](=O)[O-])cc1SNC(=O)Cl. The van der Waals surface area contributed by atoms with E-state index in [9.17, 15) is 14.9 Å². The van der Waals surface area contributed by atoms with Gasteiger partial charge in [-0.3, -0.25) is 19.6 Å². The summed E-state index contributed by atoms with van der Waals surface area (Å²) < 4.78 is 2.29. The third kappa shape index (κ3) is 3.41. The van der Waals surface area contributed by atoms with Gasteiger partial charge >= 0.3 is 5.37 Å². The van der Waals surface area contributed by atoms with Crippen LogP contribution in [-0.4, -0.2) is 10.3 Å². The molecule has 0 aliphatic heterocycles. The van der Waals surface area contributed by atoms with Crippen LogP contribution in [0.25, 0.3) is 0 Å². The van der Waals surface area contributed by atoms with Crippen molar-refractivity contribution in [1.29, 1.82) is 0 Å². The largest absolute Gasteiger partial charge is 0.323 e. The Morgan fingerprint density at radius 1 is 1.60 bits per heavy atom. The van der Waals surface area contributed by atoms with E-state index in [4.69, 9.17) is 11.6 Å². The molecule has 0 atom stereocenters. The zero-order chi connectivity index (χ0) is 11.4. The molecule has 0 unspecified atom stereocenters. The molecule has 0 saturated heterocycles. The minimum Gasteiger partial charge on any atom is -0.282 e. The highest BCUT2D eigenvalue weighted by molar-refractivity contribution is 7.98. The van der Waals surface area contributed by atoms with Crippen molar-refractivity contribution < 1.29 is 9.72 Å². The molecule has 1 N–H and O–H groups in total. The molecular weight excluding hydrogens is 240 g/mol. The Hall–Kier alpha value is -1.27. The average molecular weight is 247 g/mol. The van der Waals surface area contributed by atoms with Gasteiger partial charge < -0.3 is 0 Å². The molecular formula is C8H7ClN2O3S. The highest BCUT2D eigenvalue weighted by atomic mass is 35.5. The highest BCUT2D eigenvalue weighted by Gasteiger charge is 2.09. The third-order valence-electron chi connectivity index (χ3n) is 1.62. The zero-order valence-electron chi connectivity index (χ0n) is 7.69. The van der Waals surface area contributed by atoms with E-state index in [1.54, 1.807) is 13.0 Å². The van der Waals surface area contributed by atoms with Crippen LogP contribution >= 0.6 is 23.5 Å². The smallest absolute Gasteiger partial charge is 0.282 e. The first-order valence-electron chi connectivity index (χ1n) is 3.88. The lowest BCUT2D eigenvalue weighted by Crippen LogP contribution is -2.05. The molecule has 1 rings (SSSR count). The number of non-ortho nitro benzene ring substituents is 1. The lowest BCUT2D eigenvalue weighted by molar-refractivity contribution is -0.385. The Bertz CT molecular complexity index is 411. The van der Waals surface area contributed by atoms with Gasteiger partial charge in [-0.1, -0.05) is 6.07 Å². The lowest BCUT2D eigenvalue weighted by atomic mass is 10.2. The molecule has 0 fully saturated rings. The Morgan fingerprint density at radius 2 is 2.27 bits per heavy atom. The molecule has 0 saturated carbocycles. The fourth-order valence-corrected chi connectivity index (χ4v) is 1.62. The van der Waals surface area contributed by atoms with E-state index in [1.807, 2.05) is 0 Å². The van der Waals surface area contributed by atoms with E-state index >= 15 is 0 Å². The summed E-state index contributed by atoms with van der Waals surface area (Å²) in [6.07, 6.45) is 0. The Balaban J connectivity index is 2.90. The van der Waals surface area contributed by atoms with Crippen LogP contribution in [0.2, 0.25) is 0 Å². The quantitative estimate of drug-likeness (QED) is 0.293. The number of aryl methyl sites for hydroxylation is 1. The predicted molar refractivity (Wildman–Crippen MR) is 58.1 cm³/mol. The van der Waals surface area contributed by atoms with Gasteiger partial charge in [0, 0.05) is 17.0 Å². The molecule has 0 aliphatic rings. The van der Waals surface area contributed by atoms with Crippen LogP contribution < -0.4 is 4.72 Å². The van der Waals surface area contributed by atoms with Gasteiger partial charge in [0.15, 0.2) is 0 Å². The lowest BCUT2D eigenvalue weighted by Gasteiger charge is -2.03. The summed E-state index contributed by atoms with van der Waals surface area (Å²) in [5.74, 6) is 0. The monoisotopic (exact) mass is 246 g/mol. The van der Waals surface area contributed by atoms with Gasteiger partial charge in [0.2, 0.25) is 0 Å². The van der Waals surface area contributed by atoms with Crippen LogP contribution in [0.3, 0.4) is 0 Å². The molecule has 1 aromatic rings. The number of nitrogens with one attached hydrogen (secondary N) is 1. The second-order valence-electron chi connectivity index (χ2n) is 2.68. The molecule has 80 valence electrons. The van der Waals surface area contributed by atoms with Crippen molar-refractivity contribution in [2.75, 3.05) is 0 Å². The number of amides is 1. The van der Waals surface area contributed by atoms with Crippen LogP contribution in [0, 0.1) is 17.0 Å². The van der Waals surface area contributed by atoms with Gasteiger partial charge in [-0.05, 0) is 36.0 Å². The third-order valence-corrected chi connectivity index (χ3v) is 2.78. The molecule has 15 heavy (non-hydrogen) atoms. The van der Waals surface area contributed by atoms with E-state index in [-0.39, 0.29) is 5.69 Å². The van der Waals surface area contributed by atoms with Crippen molar-refractivity contribution >= 4 is 34.6 Å². The number of rotatable bonds is 3. The van der Waals surface area contributed by atoms with Crippen molar-refractivity contribution in [2.45, 2.75) is 11.8 Å². The number of benzene rings is 1. The molecule has 0 heterocycles. The standard InChI is InChI=1S/C8H7ClN2O3S/c1-5-2-3-6(11(13)14)4-7(5)15-10-8(9)12/h2-4H,1H3,(H,10,12). The zero-order valence-corrected chi connectivity index (χ0v) is 9.26. The molecule has 0 aliphatic carbocycles. The van der Waals surface area contributed by atoms with Crippen molar-refractivity contribution in [2.24, 2.45) is 0 Å². The van der Waals surface area contributed by atoms with E-state index in [2.05, 4.69) is 4.72 Å². The van der Waals surface area contributed by atoms with Crippen molar-refractivity contribution in [1.82, 2.24) is 4.72 Å². The Kier molecular flexibility index (Phi) is 3.93. The number of nitro groups is 1. The number of hydrogen-bond acceptors (Lipinski definition) is 4. The summed E-state index contributed by atoms with van der Waals surface area (Å²) in [6.45, 7) is 1.78. The van der Waals surface area contributed by atoms with Gasteiger partial charge in [0.05, 0.1) is 4.92 Å². The number of carbonyl (C=O) groups excluding carboxylic acids is 1. The molecule has 0 spiro atoms. The first-order valence-corrected chi connectivity index (χ1v) is 5.07. The summed E-state index contributed by atoms with van der Waals surface area (Å²) in [4.78, 5) is 21.0. The molecule has 0 bridgehead atoms. The minimum atomic E-state index is -0.717. The van der Waals surface area contributed by atoms with Crippen LogP contribution in [0.15, 0.2) is 23.1 Å². The molecule has 1 aromatic carbocycles. The van der Waals surface area contributed by atoms with E-state index in [0.717, 1.165) is 17.5 Å². The number of carbonyl (C=O) groups is 1. The normalized spacial score (nSPS) is 9.73. The van der Waals surface area contributed by atoms with Gasteiger partial charge in [-0.15, -0.1) is 0 Å². The van der Waals surface area contributed by atoms with Crippen molar-refractivity contribution in [3.63, 3.8) is 0 Å². The predicted octanol–water partition coefficient (Wildman–Crippen LogP) is 2.86. The number of nitrogens with zero attached hydrogens (tertiary/aromatic N) is 1. The maximum absolute atomic E-state index is 10.5. The fourth-order valence-electron chi connectivity index (χ4n) is 0.907. The summed E-state index contributed by atoms with van der Waals surface area (Å²) in [6, 6.07) is 4.40. The summed E-state index contributed by atoms with van der Waals surface area (Å²) in [5.41, 5.74) is 0.808. The van der Waals surface area contributed by atoms with Crippen LogP contribution in [0.5, 0.6) is 0 Å². The molecule has 0 radical (unpaired) electrons. The molecule has 1 amide bonds. The van der Waals surface area contributed by atoms with Gasteiger partial charge in [-0.25, -0.2) is 0 Å². The second kappa shape index (κ2) is 4.99. The Labute approximate surface area is 95.1 Å². The molecule has 0 aromatic heterocycles. The van der Waals surface area contributed by atoms with Crippen molar-refractivity contribution in [3.05, 3.63) is 33.9 Å². The van der Waals surface area contributed by atoms with E-state index in [1.165, 1.54) is 12.1 Å². The first-order chi connectivity index (χ1) is 7.00. The van der Waals surface area contributed by atoms with Crippen LogP contribution in [0.4, 0.5) is 10.5 Å². The average Bonchev–Trinajstić information content (AvgIpc) is 2.16. The number of hydrogen-bond donors (Lipinski definition) is 1. The van der Waals surface area contributed by atoms with Crippen molar-refractivity contribution in [3.8, 4) is 0 Å². The number of nitro benzene ring substituents is 1. The second-order valence-corrected chi connectivity index (χ2v) is 3.88. The summed E-state index contributed by atoms with van der Waals surface area (Å²) >= 11 is 6.03. The van der Waals surface area contributed by atoms with Gasteiger partial charge in [0.25, 0.3) is 5.69 Å². The molecule has 7 heteroatoms. The number of halogens is 1. The first kappa shape index (κ1) is 11.8. The van der Waals surface area contributed by atoms with E-state index < -0.39 is 10.3 Å². The van der Waals surface area contributed by atoms with Crippen LogP contribution in [0.1, 0.15) is 5.56 Å². The topological polar surface area (TPSA) is 72.2 Å². The van der Waals surface area contributed by atoms with E-state index in [0.29, 0.717) is 4.90 Å². The van der Waals surface area contributed by atoms with Gasteiger partial charge in [0.1, 0.15) is 0 Å². The maximum atomic E-state index is 10.5. The summed E-state index contributed by atoms with van der Waals surface area (Å²) in [7, 11) is 0. The maximum Gasteiger partial charge on any atom is 0.323 e. The van der Waals surface area contributed by atoms with Gasteiger partial charge in [-0.2, -0.15) is 0 Å². The fraction of sp³-hybridized carbons (Fsp3) is 0.125. The van der Waals surface area contributed by atoms with Crippen LogP contribution in [-0.2, 0) is 0 Å². The highest BCUT2D eigenvalue weighted by Crippen LogP contribution is 2.24.